The summed E-state index contributed by atoms with van der Waals surface area (Å²) in [4.78, 5) is 22.8. The summed E-state index contributed by atoms with van der Waals surface area (Å²) in [6.45, 7) is 1.66. The van der Waals surface area contributed by atoms with Gasteiger partial charge in [-0.3, -0.25) is 9.59 Å². The molecule has 0 aliphatic carbocycles. The number of sulfone groups is 1. The first-order chi connectivity index (χ1) is 16.5. The number of ether oxygens (including phenoxy) is 2. The predicted octanol–water partition coefficient (Wildman–Crippen LogP) is 4.76. The topological polar surface area (TPSA) is 119 Å². The van der Waals surface area contributed by atoms with Gasteiger partial charge in [0.1, 0.15) is 34.4 Å². The van der Waals surface area contributed by atoms with Crippen LogP contribution in [0.25, 0.3) is 0 Å². The molecular formula is C24H21ClFNO7S. The maximum Gasteiger partial charge on any atom is 0.315 e. The number of aromatic hydroxyl groups is 1. The second kappa shape index (κ2) is 10.7. The molecule has 0 fully saturated rings. The molecule has 1 amide bonds. The van der Waals surface area contributed by atoms with Crippen LogP contribution in [0, 0.1) is 12.7 Å². The van der Waals surface area contributed by atoms with Gasteiger partial charge in [0, 0.05) is 11.8 Å². The Kier molecular flexibility index (Phi) is 7.98. The summed E-state index contributed by atoms with van der Waals surface area (Å²) < 4.78 is 49.1. The molecule has 0 spiro atoms. The smallest absolute Gasteiger partial charge is 0.315 e. The first-order valence-electron chi connectivity index (χ1n) is 10.1. The van der Waals surface area contributed by atoms with Gasteiger partial charge >= 0.3 is 5.97 Å². The summed E-state index contributed by atoms with van der Waals surface area (Å²) >= 11 is 6.32. The highest BCUT2D eigenvalue weighted by molar-refractivity contribution is 7.90. The Morgan fingerprint density at radius 1 is 1.09 bits per heavy atom. The Labute approximate surface area is 206 Å². The van der Waals surface area contributed by atoms with E-state index >= 15 is 0 Å². The minimum absolute atomic E-state index is 0.0907. The van der Waals surface area contributed by atoms with Crippen molar-refractivity contribution in [1.82, 2.24) is 0 Å². The van der Waals surface area contributed by atoms with Crippen molar-refractivity contribution in [2.75, 3.05) is 12.4 Å². The number of nitrogens with one attached hydrogen (secondary N) is 1. The molecular weight excluding hydrogens is 501 g/mol. The number of hydrogen-bond donors (Lipinski definition) is 2. The van der Waals surface area contributed by atoms with Gasteiger partial charge in [-0.1, -0.05) is 23.7 Å². The third kappa shape index (κ3) is 6.71. The molecule has 0 heterocycles. The number of phenolic OH excluding ortho intramolecular Hbond substituents is 1. The van der Waals surface area contributed by atoms with Crippen LogP contribution >= 0.6 is 11.6 Å². The summed E-state index contributed by atoms with van der Waals surface area (Å²) in [7, 11) is -2.82. The number of aryl methyl sites for hydroxylation is 1. The Balaban J connectivity index is 1.83. The third-order valence-corrected chi connectivity index (χ3v) is 6.79. The lowest BCUT2D eigenvalue weighted by Gasteiger charge is -2.15. The maximum absolute atomic E-state index is 13.1. The zero-order valence-electron chi connectivity index (χ0n) is 18.7. The molecule has 11 heteroatoms. The van der Waals surface area contributed by atoms with Crippen molar-refractivity contribution in [3.63, 3.8) is 0 Å². The van der Waals surface area contributed by atoms with Crippen LogP contribution in [0.4, 0.5) is 10.1 Å². The van der Waals surface area contributed by atoms with Crippen molar-refractivity contribution in [2.24, 2.45) is 0 Å². The fourth-order valence-electron chi connectivity index (χ4n) is 3.14. The number of methoxy groups -OCH3 is 1. The molecule has 0 aliphatic heterocycles. The molecule has 3 rings (SSSR count). The zero-order valence-corrected chi connectivity index (χ0v) is 20.2. The van der Waals surface area contributed by atoms with Crippen molar-refractivity contribution in [3.8, 4) is 17.2 Å². The molecule has 0 bridgehead atoms. The van der Waals surface area contributed by atoms with Crippen LogP contribution in [-0.2, 0) is 29.9 Å². The van der Waals surface area contributed by atoms with Gasteiger partial charge in [-0.25, -0.2) is 12.8 Å². The molecule has 184 valence electrons. The average molecular weight is 522 g/mol. The fourth-order valence-corrected chi connectivity index (χ4v) is 4.92. The van der Waals surface area contributed by atoms with Crippen LogP contribution in [0.3, 0.4) is 0 Å². The van der Waals surface area contributed by atoms with Crippen LogP contribution in [-0.4, -0.2) is 32.5 Å². The normalized spacial score (nSPS) is 11.1. The minimum Gasteiger partial charge on any atom is -0.507 e. The Hall–Kier alpha value is -3.63. The Morgan fingerprint density at radius 2 is 1.77 bits per heavy atom. The SMILES string of the molecule is COC(=O)CC(=O)Nc1cc(C)c(Oc2ccc(O)c(S(=O)(=O)Cc3ccc(F)cc3)c2)c(Cl)c1. The summed E-state index contributed by atoms with van der Waals surface area (Å²) in [6.07, 6.45) is -0.464. The number of phenols is 1. The molecule has 0 saturated carbocycles. The third-order valence-electron chi connectivity index (χ3n) is 4.80. The number of amides is 1. The van der Waals surface area contributed by atoms with E-state index < -0.39 is 45.5 Å². The number of carbonyl (C=O) groups is 2. The van der Waals surface area contributed by atoms with Gasteiger partial charge in [0.15, 0.2) is 9.84 Å². The van der Waals surface area contributed by atoms with Crippen LogP contribution in [0.5, 0.6) is 17.2 Å². The standard InChI is InChI=1S/C24H21ClFNO7S/c1-14-9-17(27-22(29)12-23(30)33-2)10-19(25)24(14)34-18-7-8-20(28)21(11-18)35(31,32)13-15-3-5-16(26)6-4-15/h3-11,28H,12-13H2,1-2H3,(H,27,29). The summed E-state index contributed by atoms with van der Waals surface area (Å²) in [5, 5.41) is 12.8. The van der Waals surface area contributed by atoms with Crippen molar-refractivity contribution in [1.29, 1.82) is 0 Å². The van der Waals surface area contributed by atoms with E-state index in [1.54, 1.807) is 13.0 Å². The van der Waals surface area contributed by atoms with Crippen LogP contribution in [0.2, 0.25) is 5.02 Å². The lowest BCUT2D eigenvalue weighted by Crippen LogP contribution is -2.17. The summed E-state index contributed by atoms with van der Waals surface area (Å²) in [5.41, 5.74) is 1.18. The van der Waals surface area contributed by atoms with Gasteiger partial charge in [-0.2, -0.15) is 0 Å². The number of rotatable bonds is 8. The number of benzene rings is 3. The van der Waals surface area contributed by atoms with Crippen molar-refractivity contribution >= 4 is 39.0 Å². The van der Waals surface area contributed by atoms with Crippen LogP contribution < -0.4 is 10.1 Å². The number of esters is 1. The molecule has 0 saturated heterocycles. The zero-order chi connectivity index (χ0) is 25.8. The second-order valence-electron chi connectivity index (χ2n) is 7.52. The van der Waals surface area contributed by atoms with Gasteiger partial charge < -0.3 is 19.9 Å². The van der Waals surface area contributed by atoms with E-state index in [9.17, 15) is 27.5 Å². The molecule has 8 nitrogen and oxygen atoms in total. The quantitative estimate of drug-likeness (QED) is 0.324. The van der Waals surface area contributed by atoms with E-state index in [0.29, 0.717) is 16.8 Å². The Bertz CT molecular complexity index is 1350. The lowest BCUT2D eigenvalue weighted by molar-refractivity contribution is -0.142. The molecule has 3 aromatic rings. The number of carbonyl (C=O) groups excluding carboxylic acids is 2. The van der Waals surface area contributed by atoms with E-state index in [1.807, 2.05) is 0 Å². The highest BCUT2D eigenvalue weighted by Gasteiger charge is 2.22. The highest BCUT2D eigenvalue weighted by atomic mass is 35.5. The van der Waals surface area contributed by atoms with Crippen molar-refractivity contribution in [3.05, 3.63) is 76.6 Å². The van der Waals surface area contributed by atoms with E-state index in [0.717, 1.165) is 18.2 Å². The molecule has 0 atom stereocenters. The van der Waals surface area contributed by atoms with Gasteiger partial charge in [0.2, 0.25) is 5.91 Å². The first kappa shape index (κ1) is 26.0. The van der Waals surface area contributed by atoms with E-state index in [1.165, 1.54) is 37.4 Å². The number of halogens is 2. The first-order valence-corrected chi connectivity index (χ1v) is 12.2. The number of hydrogen-bond acceptors (Lipinski definition) is 7. The van der Waals surface area contributed by atoms with Crippen LogP contribution in [0.15, 0.2) is 59.5 Å². The molecule has 35 heavy (non-hydrogen) atoms. The molecule has 0 aromatic heterocycles. The van der Waals surface area contributed by atoms with Gasteiger partial charge in [0.05, 0.1) is 17.9 Å². The van der Waals surface area contributed by atoms with Gasteiger partial charge in [-0.05, 0) is 54.4 Å². The van der Waals surface area contributed by atoms with Crippen molar-refractivity contribution in [2.45, 2.75) is 24.0 Å². The highest BCUT2D eigenvalue weighted by Crippen LogP contribution is 2.38. The Morgan fingerprint density at radius 3 is 2.40 bits per heavy atom. The predicted molar refractivity (Wildman–Crippen MR) is 127 cm³/mol. The number of anilines is 1. The van der Waals surface area contributed by atoms with Crippen molar-refractivity contribution < 1.29 is 37.0 Å². The monoisotopic (exact) mass is 521 g/mol. The van der Waals surface area contributed by atoms with Crippen LogP contribution in [0.1, 0.15) is 17.5 Å². The largest absolute Gasteiger partial charge is 0.507 e. The molecule has 0 aliphatic rings. The lowest BCUT2D eigenvalue weighted by atomic mass is 10.2. The average Bonchev–Trinajstić information content (AvgIpc) is 2.78. The second-order valence-corrected chi connectivity index (χ2v) is 9.89. The summed E-state index contributed by atoms with van der Waals surface area (Å²) in [6, 6.07) is 11.7. The van der Waals surface area contributed by atoms with E-state index in [4.69, 9.17) is 16.3 Å². The molecule has 0 radical (unpaired) electrons. The van der Waals surface area contributed by atoms with Gasteiger partial charge in [0.25, 0.3) is 0 Å². The van der Waals surface area contributed by atoms with E-state index in [-0.39, 0.29) is 21.4 Å². The summed E-state index contributed by atoms with van der Waals surface area (Å²) in [5.74, 6) is -2.41. The maximum atomic E-state index is 13.1. The van der Waals surface area contributed by atoms with E-state index in [2.05, 4.69) is 10.1 Å². The minimum atomic E-state index is -4.00. The fraction of sp³-hybridized carbons (Fsp3) is 0.167. The van der Waals surface area contributed by atoms with Gasteiger partial charge in [-0.15, -0.1) is 0 Å². The molecule has 2 N–H and O–H groups in total. The molecule has 0 unspecified atom stereocenters. The molecule has 3 aromatic carbocycles.